The maximum Gasteiger partial charge on any atom is 0.251 e. The monoisotopic (exact) mass is 375 g/mol. The highest BCUT2D eigenvalue weighted by atomic mass is 19.1. The zero-order chi connectivity index (χ0) is 19.3. The summed E-state index contributed by atoms with van der Waals surface area (Å²) in [6, 6.07) is 17.4. The van der Waals surface area contributed by atoms with Crippen molar-refractivity contribution >= 4 is 11.4 Å². The number of carbonyl (C=O) groups is 1. The summed E-state index contributed by atoms with van der Waals surface area (Å²) < 4.78 is 21.2. The molecule has 2 aromatic heterocycles. The van der Waals surface area contributed by atoms with Crippen LogP contribution in [0.5, 0.6) is 5.75 Å². The number of benzene rings is 2. The Hall–Kier alpha value is -3.67. The zero-order valence-electron chi connectivity index (χ0n) is 15.0. The van der Waals surface area contributed by atoms with Gasteiger partial charge >= 0.3 is 0 Å². The third-order valence-electron chi connectivity index (χ3n) is 4.38. The van der Waals surface area contributed by atoms with Crippen molar-refractivity contribution in [2.24, 2.45) is 0 Å². The molecule has 0 saturated heterocycles. The molecule has 0 atom stereocenters. The van der Waals surface area contributed by atoms with Gasteiger partial charge in [0.1, 0.15) is 18.2 Å². The smallest absolute Gasteiger partial charge is 0.251 e. The fourth-order valence-electron chi connectivity index (χ4n) is 2.87. The highest BCUT2D eigenvalue weighted by molar-refractivity contribution is 5.95. The Labute approximate surface area is 161 Å². The van der Waals surface area contributed by atoms with E-state index < -0.39 is 0 Å². The lowest BCUT2D eigenvalue weighted by Gasteiger charge is -2.10. The third-order valence-corrected chi connectivity index (χ3v) is 4.38. The molecule has 6 heteroatoms. The fourth-order valence-corrected chi connectivity index (χ4v) is 2.87. The van der Waals surface area contributed by atoms with Crippen molar-refractivity contribution in [3.63, 3.8) is 0 Å². The van der Waals surface area contributed by atoms with E-state index in [9.17, 15) is 9.18 Å². The number of aromatic nitrogens is 2. The van der Waals surface area contributed by atoms with Crippen LogP contribution in [-0.4, -0.2) is 15.3 Å². The van der Waals surface area contributed by atoms with Crippen molar-refractivity contribution in [2.75, 3.05) is 0 Å². The van der Waals surface area contributed by atoms with Crippen LogP contribution in [0.4, 0.5) is 4.39 Å². The van der Waals surface area contributed by atoms with Crippen molar-refractivity contribution in [2.45, 2.75) is 13.2 Å². The molecule has 0 aliphatic rings. The van der Waals surface area contributed by atoms with Crippen LogP contribution < -0.4 is 10.1 Å². The summed E-state index contributed by atoms with van der Waals surface area (Å²) in [6.07, 6.45) is 5.19. The van der Waals surface area contributed by atoms with E-state index in [2.05, 4.69) is 10.3 Å². The minimum atomic E-state index is -0.291. The molecule has 0 radical (unpaired) electrons. The van der Waals surface area contributed by atoms with Gasteiger partial charge < -0.3 is 14.5 Å². The summed E-state index contributed by atoms with van der Waals surface area (Å²) in [6.45, 7) is 0.508. The van der Waals surface area contributed by atoms with Crippen LogP contribution in [0.15, 0.2) is 79.4 Å². The van der Waals surface area contributed by atoms with Gasteiger partial charge in [0.2, 0.25) is 0 Å². The Morgan fingerprint density at radius 3 is 2.89 bits per heavy atom. The first-order valence-electron chi connectivity index (χ1n) is 8.84. The number of nitrogens with zero attached hydrogens (tertiary/aromatic N) is 2. The Balaban J connectivity index is 1.37. The SMILES string of the molecule is O=C(NCc1cccc(OCc2ccccc2F)c1)c1ccn2cncc2c1. The second-order valence-electron chi connectivity index (χ2n) is 6.35. The maximum absolute atomic E-state index is 13.7. The molecule has 0 bridgehead atoms. The number of hydrogen-bond acceptors (Lipinski definition) is 3. The summed E-state index contributed by atoms with van der Waals surface area (Å²) in [5.41, 5.74) is 2.82. The van der Waals surface area contributed by atoms with Gasteiger partial charge in [0.25, 0.3) is 5.91 Å². The highest BCUT2D eigenvalue weighted by Crippen LogP contribution is 2.16. The topological polar surface area (TPSA) is 55.6 Å². The molecule has 4 rings (SSSR count). The van der Waals surface area contributed by atoms with Crippen LogP contribution >= 0.6 is 0 Å². The van der Waals surface area contributed by atoms with Gasteiger partial charge in [-0.3, -0.25) is 4.79 Å². The second kappa shape index (κ2) is 7.92. The van der Waals surface area contributed by atoms with Crippen LogP contribution in [0.25, 0.3) is 5.52 Å². The summed E-state index contributed by atoms with van der Waals surface area (Å²) >= 11 is 0. The van der Waals surface area contributed by atoms with Crippen molar-refractivity contribution in [3.05, 3.63) is 102 Å². The number of imidazole rings is 1. The van der Waals surface area contributed by atoms with E-state index >= 15 is 0 Å². The lowest BCUT2D eigenvalue weighted by atomic mass is 10.2. The van der Waals surface area contributed by atoms with Gasteiger partial charge in [-0.2, -0.15) is 0 Å². The van der Waals surface area contributed by atoms with Crippen LogP contribution in [0.2, 0.25) is 0 Å². The summed E-state index contributed by atoms with van der Waals surface area (Å²) in [7, 11) is 0. The largest absolute Gasteiger partial charge is 0.489 e. The number of hydrogen-bond donors (Lipinski definition) is 1. The Kier molecular flexibility index (Phi) is 5.01. The maximum atomic E-state index is 13.7. The number of pyridine rings is 1. The van der Waals surface area contributed by atoms with Gasteiger partial charge in [-0.1, -0.05) is 30.3 Å². The first-order valence-corrected chi connectivity index (χ1v) is 8.84. The first-order chi connectivity index (χ1) is 13.7. The summed E-state index contributed by atoms with van der Waals surface area (Å²) in [5.74, 6) is 0.165. The van der Waals surface area contributed by atoms with E-state index in [0.717, 1.165) is 11.1 Å². The molecule has 1 N–H and O–H groups in total. The summed E-state index contributed by atoms with van der Waals surface area (Å²) in [4.78, 5) is 16.4. The summed E-state index contributed by atoms with van der Waals surface area (Å²) in [5, 5.41) is 2.90. The molecule has 4 aromatic rings. The fraction of sp³-hybridized carbons (Fsp3) is 0.0909. The molecule has 0 unspecified atom stereocenters. The number of nitrogens with one attached hydrogen (secondary N) is 1. The number of fused-ring (bicyclic) bond motifs is 1. The standard InChI is InChI=1S/C22H18FN3O2/c23-21-7-2-1-5-18(21)14-28-20-6-3-4-16(10-20)12-25-22(27)17-8-9-26-15-24-13-19(26)11-17/h1-11,13,15H,12,14H2,(H,25,27). The molecule has 28 heavy (non-hydrogen) atoms. The van der Waals surface area contributed by atoms with Crippen molar-refractivity contribution in [1.29, 1.82) is 0 Å². The molecule has 140 valence electrons. The molecule has 0 aliphatic carbocycles. The van der Waals surface area contributed by atoms with Crippen LogP contribution in [-0.2, 0) is 13.2 Å². The lowest BCUT2D eigenvalue weighted by Crippen LogP contribution is -2.22. The molecule has 1 amide bonds. The highest BCUT2D eigenvalue weighted by Gasteiger charge is 2.07. The number of rotatable bonds is 6. The molecule has 0 saturated carbocycles. The Morgan fingerprint density at radius 1 is 1.11 bits per heavy atom. The van der Waals surface area contributed by atoms with Crippen LogP contribution in [0, 0.1) is 5.82 Å². The number of halogens is 1. The van der Waals surface area contributed by atoms with Crippen molar-refractivity contribution in [1.82, 2.24) is 14.7 Å². The molecule has 0 spiro atoms. The predicted octanol–water partition coefficient (Wildman–Crippen LogP) is 3.98. The number of amides is 1. The quantitative estimate of drug-likeness (QED) is 0.555. The van der Waals surface area contributed by atoms with Gasteiger partial charge in [-0.25, -0.2) is 9.37 Å². The van der Waals surface area contributed by atoms with Crippen molar-refractivity contribution < 1.29 is 13.9 Å². The predicted molar refractivity (Wildman–Crippen MR) is 104 cm³/mol. The van der Waals surface area contributed by atoms with E-state index in [4.69, 9.17) is 4.74 Å². The molecule has 0 aliphatic heterocycles. The van der Waals surface area contributed by atoms with Gasteiger partial charge in [-0.05, 0) is 35.9 Å². The Bertz CT molecular complexity index is 1120. The van der Waals surface area contributed by atoms with Gasteiger partial charge in [-0.15, -0.1) is 0 Å². The average molecular weight is 375 g/mol. The first kappa shape index (κ1) is 17.7. The molecule has 5 nitrogen and oxygen atoms in total. The third kappa shape index (κ3) is 4.01. The van der Waals surface area contributed by atoms with E-state index in [1.54, 1.807) is 55.1 Å². The number of ether oxygens (including phenoxy) is 1. The normalized spacial score (nSPS) is 10.8. The average Bonchev–Trinajstić information content (AvgIpc) is 3.19. The molecular formula is C22H18FN3O2. The van der Waals surface area contributed by atoms with Gasteiger partial charge in [0.05, 0.1) is 18.0 Å². The molecular weight excluding hydrogens is 357 g/mol. The van der Waals surface area contributed by atoms with E-state index in [-0.39, 0.29) is 18.3 Å². The minimum Gasteiger partial charge on any atom is -0.489 e. The second-order valence-corrected chi connectivity index (χ2v) is 6.35. The van der Waals surface area contributed by atoms with Crippen LogP contribution in [0.1, 0.15) is 21.5 Å². The van der Waals surface area contributed by atoms with Gasteiger partial charge in [0, 0.05) is 23.9 Å². The Morgan fingerprint density at radius 2 is 2.00 bits per heavy atom. The van der Waals surface area contributed by atoms with Crippen LogP contribution in [0.3, 0.4) is 0 Å². The van der Waals surface area contributed by atoms with Gasteiger partial charge in [0.15, 0.2) is 0 Å². The number of carbonyl (C=O) groups excluding carboxylic acids is 1. The molecule has 2 heterocycles. The van der Waals surface area contributed by atoms with E-state index in [1.165, 1.54) is 6.07 Å². The zero-order valence-corrected chi connectivity index (χ0v) is 15.0. The minimum absolute atomic E-state index is 0.147. The van der Waals surface area contributed by atoms with E-state index in [0.29, 0.717) is 23.4 Å². The molecule has 0 fully saturated rings. The lowest BCUT2D eigenvalue weighted by molar-refractivity contribution is 0.0951. The van der Waals surface area contributed by atoms with E-state index in [1.807, 2.05) is 22.6 Å². The molecule has 2 aromatic carbocycles. The van der Waals surface area contributed by atoms with Crippen molar-refractivity contribution in [3.8, 4) is 5.75 Å².